The normalized spacial score (nSPS) is 26.0. The van der Waals surface area contributed by atoms with Crippen LogP contribution >= 0.6 is 0 Å². The highest BCUT2D eigenvalue weighted by Crippen LogP contribution is 2.54. The van der Waals surface area contributed by atoms with Crippen molar-refractivity contribution >= 4 is 0 Å². The first kappa shape index (κ1) is 16.5. The van der Waals surface area contributed by atoms with Crippen LogP contribution < -0.4 is 5.32 Å². The number of hydrogen-bond acceptors (Lipinski definition) is 1. The van der Waals surface area contributed by atoms with Gasteiger partial charge in [0.05, 0.1) is 0 Å². The van der Waals surface area contributed by atoms with Crippen LogP contribution in [-0.2, 0) is 5.41 Å². The van der Waals surface area contributed by atoms with E-state index in [-0.39, 0.29) is 11.2 Å². The maximum absolute atomic E-state index is 14.3. The summed E-state index contributed by atoms with van der Waals surface area (Å²) in [6, 6.07) is 7.33. The SMILES string of the molecule is CC(C)CNCC1(c2ccccc2F)CC(C(C)(C)C)C1. The molecule has 1 saturated carbocycles. The lowest BCUT2D eigenvalue weighted by Gasteiger charge is -2.53. The highest BCUT2D eigenvalue weighted by Gasteiger charge is 2.50. The molecule has 1 fully saturated rings. The first-order chi connectivity index (χ1) is 9.74. The van der Waals surface area contributed by atoms with Gasteiger partial charge in [0.15, 0.2) is 0 Å². The average Bonchev–Trinajstić information content (AvgIpc) is 2.31. The molecule has 0 unspecified atom stereocenters. The largest absolute Gasteiger partial charge is 0.316 e. The second kappa shape index (κ2) is 6.08. The molecule has 0 atom stereocenters. The van der Waals surface area contributed by atoms with E-state index in [1.807, 2.05) is 12.1 Å². The Morgan fingerprint density at radius 3 is 2.38 bits per heavy atom. The summed E-state index contributed by atoms with van der Waals surface area (Å²) in [6.45, 7) is 13.2. The lowest BCUT2D eigenvalue weighted by atomic mass is 9.52. The molecular formula is C19H30FN. The molecule has 1 aromatic rings. The zero-order valence-corrected chi connectivity index (χ0v) is 14.2. The number of benzene rings is 1. The Morgan fingerprint density at radius 1 is 1.24 bits per heavy atom. The topological polar surface area (TPSA) is 12.0 Å². The minimum Gasteiger partial charge on any atom is -0.316 e. The van der Waals surface area contributed by atoms with E-state index in [4.69, 9.17) is 0 Å². The van der Waals surface area contributed by atoms with E-state index in [2.05, 4.69) is 39.9 Å². The molecule has 0 heterocycles. The molecule has 0 bridgehead atoms. The molecule has 0 aliphatic heterocycles. The van der Waals surface area contributed by atoms with Gasteiger partial charge < -0.3 is 5.32 Å². The van der Waals surface area contributed by atoms with Gasteiger partial charge in [-0.25, -0.2) is 4.39 Å². The van der Waals surface area contributed by atoms with Gasteiger partial charge in [0.1, 0.15) is 5.82 Å². The summed E-state index contributed by atoms with van der Waals surface area (Å²) in [5, 5.41) is 3.56. The molecule has 1 aliphatic carbocycles. The third kappa shape index (κ3) is 3.66. The Bertz CT molecular complexity index is 467. The van der Waals surface area contributed by atoms with Gasteiger partial charge in [-0.1, -0.05) is 52.8 Å². The van der Waals surface area contributed by atoms with Gasteiger partial charge in [-0.3, -0.25) is 0 Å². The third-order valence-electron chi connectivity index (χ3n) is 4.96. The molecular weight excluding hydrogens is 261 g/mol. The Labute approximate surface area is 129 Å². The smallest absolute Gasteiger partial charge is 0.127 e. The Balaban J connectivity index is 2.15. The van der Waals surface area contributed by atoms with Crippen LogP contribution in [0.25, 0.3) is 0 Å². The summed E-state index contributed by atoms with van der Waals surface area (Å²) in [6.07, 6.45) is 2.17. The average molecular weight is 291 g/mol. The van der Waals surface area contributed by atoms with Crippen molar-refractivity contribution in [1.29, 1.82) is 0 Å². The number of nitrogens with one attached hydrogen (secondary N) is 1. The summed E-state index contributed by atoms with van der Waals surface area (Å²) in [5.41, 5.74) is 1.20. The van der Waals surface area contributed by atoms with Crippen molar-refractivity contribution < 1.29 is 4.39 Å². The van der Waals surface area contributed by atoms with Gasteiger partial charge in [0, 0.05) is 12.0 Å². The molecule has 21 heavy (non-hydrogen) atoms. The van der Waals surface area contributed by atoms with E-state index < -0.39 is 0 Å². The standard InChI is InChI=1S/C19H30FN/c1-14(2)12-21-13-19(10-15(11-19)18(3,4)5)16-8-6-7-9-17(16)20/h6-9,14-15,21H,10-13H2,1-5H3. The van der Waals surface area contributed by atoms with Crippen molar-refractivity contribution in [3.63, 3.8) is 0 Å². The number of rotatable bonds is 5. The molecule has 2 rings (SSSR count). The Morgan fingerprint density at radius 2 is 1.86 bits per heavy atom. The number of hydrogen-bond donors (Lipinski definition) is 1. The molecule has 0 radical (unpaired) electrons. The van der Waals surface area contributed by atoms with Crippen LogP contribution in [0.4, 0.5) is 4.39 Å². The molecule has 1 aromatic carbocycles. The first-order valence-electron chi connectivity index (χ1n) is 8.20. The monoisotopic (exact) mass is 291 g/mol. The highest BCUT2D eigenvalue weighted by molar-refractivity contribution is 5.31. The fourth-order valence-corrected chi connectivity index (χ4v) is 3.45. The van der Waals surface area contributed by atoms with Crippen LogP contribution in [0.3, 0.4) is 0 Å². The predicted octanol–water partition coefficient (Wildman–Crippen LogP) is 4.77. The van der Waals surface area contributed by atoms with Crippen molar-refractivity contribution in [2.24, 2.45) is 17.3 Å². The summed E-state index contributed by atoms with van der Waals surface area (Å²) < 4.78 is 14.3. The maximum Gasteiger partial charge on any atom is 0.127 e. The lowest BCUT2D eigenvalue weighted by molar-refractivity contribution is 0.0423. The molecule has 2 heteroatoms. The van der Waals surface area contributed by atoms with Gasteiger partial charge in [-0.05, 0) is 48.3 Å². The maximum atomic E-state index is 14.3. The quantitative estimate of drug-likeness (QED) is 0.824. The third-order valence-corrected chi connectivity index (χ3v) is 4.96. The highest BCUT2D eigenvalue weighted by atomic mass is 19.1. The Hall–Kier alpha value is -0.890. The Kier molecular flexibility index (Phi) is 4.77. The fourth-order valence-electron chi connectivity index (χ4n) is 3.45. The summed E-state index contributed by atoms with van der Waals surface area (Å²) in [7, 11) is 0. The van der Waals surface area contributed by atoms with Crippen LogP contribution in [0.2, 0.25) is 0 Å². The summed E-state index contributed by atoms with van der Waals surface area (Å²) >= 11 is 0. The first-order valence-corrected chi connectivity index (χ1v) is 8.20. The van der Waals surface area contributed by atoms with Crippen molar-refractivity contribution in [1.82, 2.24) is 5.32 Å². The second-order valence-electron chi connectivity index (χ2n) is 8.26. The van der Waals surface area contributed by atoms with E-state index >= 15 is 0 Å². The minimum atomic E-state index is -0.0452. The molecule has 1 nitrogen and oxygen atoms in total. The van der Waals surface area contributed by atoms with Crippen LogP contribution in [-0.4, -0.2) is 13.1 Å². The van der Waals surface area contributed by atoms with Crippen molar-refractivity contribution in [3.05, 3.63) is 35.6 Å². The summed E-state index contributed by atoms with van der Waals surface area (Å²) in [5.74, 6) is 1.26. The van der Waals surface area contributed by atoms with E-state index in [1.54, 1.807) is 12.1 Å². The van der Waals surface area contributed by atoms with Crippen molar-refractivity contribution in [2.75, 3.05) is 13.1 Å². The zero-order chi connectivity index (χ0) is 15.7. The summed E-state index contributed by atoms with van der Waals surface area (Å²) in [4.78, 5) is 0. The molecule has 0 aromatic heterocycles. The van der Waals surface area contributed by atoms with Crippen LogP contribution in [0.1, 0.15) is 53.0 Å². The van der Waals surface area contributed by atoms with Gasteiger partial charge in [0.25, 0.3) is 0 Å². The molecule has 1 N–H and O–H groups in total. The number of halogens is 1. The van der Waals surface area contributed by atoms with Crippen LogP contribution in [0.5, 0.6) is 0 Å². The van der Waals surface area contributed by atoms with Crippen molar-refractivity contribution in [3.8, 4) is 0 Å². The van der Waals surface area contributed by atoms with E-state index in [1.165, 1.54) is 0 Å². The van der Waals surface area contributed by atoms with Gasteiger partial charge in [0.2, 0.25) is 0 Å². The molecule has 0 spiro atoms. The van der Waals surface area contributed by atoms with Crippen molar-refractivity contribution in [2.45, 2.75) is 52.9 Å². The predicted molar refractivity (Wildman–Crippen MR) is 88.0 cm³/mol. The molecule has 0 amide bonds. The fraction of sp³-hybridized carbons (Fsp3) is 0.684. The van der Waals surface area contributed by atoms with Gasteiger partial charge in [-0.15, -0.1) is 0 Å². The second-order valence-corrected chi connectivity index (χ2v) is 8.26. The van der Waals surface area contributed by atoms with Crippen LogP contribution in [0, 0.1) is 23.1 Å². The minimum absolute atomic E-state index is 0.0157. The van der Waals surface area contributed by atoms with Crippen LogP contribution in [0.15, 0.2) is 24.3 Å². The lowest BCUT2D eigenvalue weighted by Crippen LogP contribution is -2.52. The van der Waals surface area contributed by atoms with E-state index in [0.717, 1.165) is 31.5 Å². The van der Waals surface area contributed by atoms with Gasteiger partial charge in [-0.2, -0.15) is 0 Å². The molecule has 118 valence electrons. The van der Waals surface area contributed by atoms with E-state index in [9.17, 15) is 4.39 Å². The zero-order valence-electron chi connectivity index (χ0n) is 14.2. The molecule has 1 aliphatic rings. The molecule has 0 saturated heterocycles. The van der Waals surface area contributed by atoms with Gasteiger partial charge >= 0.3 is 0 Å². The van der Waals surface area contributed by atoms with E-state index in [0.29, 0.717) is 17.3 Å².